The summed E-state index contributed by atoms with van der Waals surface area (Å²) in [4.78, 5) is 42.4. The molecule has 0 unspecified atom stereocenters. The number of aromatic nitrogens is 3. The summed E-state index contributed by atoms with van der Waals surface area (Å²) in [7, 11) is -4.45. The Bertz CT molecular complexity index is 1730. The summed E-state index contributed by atoms with van der Waals surface area (Å²) >= 11 is 0. The topological polar surface area (TPSA) is 216 Å². The maximum absolute atomic E-state index is 14.4. The molecule has 0 spiro atoms. The van der Waals surface area contributed by atoms with Gasteiger partial charge in [0.2, 0.25) is 5.60 Å². The molecule has 270 valence electrons. The van der Waals surface area contributed by atoms with E-state index >= 15 is 0 Å². The number of carbonyl (C=O) groups excluding carboxylic acids is 3. The van der Waals surface area contributed by atoms with Gasteiger partial charge in [-0.1, -0.05) is 58.7 Å². The summed E-state index contributed by atoms with van der Waals surface area (Å²) in [6, 6.07) is 12.1. The molecule has 1 fully saturated rings. The number of rotatable bonds is 17. The van der Waals surface area contributed by atoms with E-state index in [9.17, 15) is 24.2 Å². The van der Waals surface area contributed by atoms with Crippen molar-refractivity contribution in [2.75, 3.05) is 18.9 Å². The molecule has 1 saturated heterocycles. The first kappa shape index (κ1) is 38.3. The van der Waals surface area contributed by atoms with Crippen LogP contribution in [0.25, 0.3) is 5.52 Å². The largest absolute Gasteiger partial charge is 0.464 e. The van der Waals surface area contributed by atoms with Crippen LogP contribution in [0.5, 0.6) is 5.75 Å². The Morgan fingerprint density at radius 1 is 1.08 bits per heavy atom. The van der Waals surface area contributed by atoms with Gasteiger partial charge >= 0.3 is 25.7 Å². The van der Waals surface area contributed by atoms with Crippen LogP contribution >= 0.6 is 7.75 Å². The van der Waals surface area contributed by atoms with Crippen molar-refractivity contribution in [3.63, 3.8) is 0 Å². The fourth-order valence-corrected chi connectivity index (χ4v) is 6.79. The summed E-state index contributed by atoms with van der Waals surface area (Å²) in [5.41, 5.74) is 4.33. The zero-order chi connectivity index (χ0) is 36.5. The quantitative estimate of drug-likeness (QED) is 0.114. The van der Waals surface area contributed by atoms with Crippen LogP contribution in [-0.2, 0) is 48.0 Å². The second-order valence-corrected chi connectivity index (χ2v) is 13.3. The second-order valence-electron chi connectivity index (χ2n) is 11.6. The van der Waals surface area contributed by atoms with Crippen LogP contribution in [0.2, 0.25) is 0 Å². The second kappa shape index (κ2) is 16.9. The van der Waals surface area contributed by atoms with Crippen LogP contribution in [0, 0.1) is 17.2 Å². The minimum Gasteiger partial charge on any atom is -0.464 e. The van der Waals surface area contributed by atoms with Gasteiger partial charge in [0, 0.05) is 12.8 Å². The molecule has 0 aliphatic carbocycles. The average Bonchev–Trinajstić information content (AvgIpc) is 3.68. The summed E-state index contributed by atoms with van der Waals surface area (Å²) in [6.45, 7) is 8.10. The number of carbonyl (C=O) groups is 3. The van der Waals surface area contributed by atoms with Crippen molar-refractivity contribution in [1.82, 2.24) is 19.7 Å². The van der Waals surface area contributed by atoms with Crippen LogP contribution in [0.15, 0.2) is 48.8 Å². The maximum Gasteiger partial charge on any atom is 0.459 e. The zero-order valence-corrected chi connectivity index (χ0v) is 29.5. The molecule has 3 N–H and O–H groups in total. The van der Waals surface area contributed by atoms with Gasteiger partial charge in [-0.3, -0.25) is 18.9 Å². The third kappa shape index (κ3) is 8.59. The number of esters is 3. The fraction of sp³-hybridized carbons (Fsp3) is 0.515. The van der Waals surface area contributed by atoms with E-state index in [2.05, 4.69) is 21.2 Å². The number of benzene rings is 1. The van der Waals surface area contributed by atoms with E-state index in [4.69, 9.17) is 33.7 Å². The van der Waals surface area contributed by atoms with Gasteiger partial charge in [0.05, 0.1) is 18.9 Å². The molecule has 3 heterocycles. The molecule has 16 nitrogen and oxygen atoms in total. The molecule has 1 aliphatic heterocycles. The highest BCUT2D eigenvalue weighted by Crippen LogP contribution is 2.48. The van der Waals surface area contributed by atoms with Crippen molar-refractivity contribution in [1.29, 1.82) is 5.26 Å². The van der Waals surface area contributed by atoms with E-state index in [1.54, 1.807) is 38.1 Å². The molecule has 6 atom stereocenters. The zero-order valence-electron chi connectivity index (χ0n) is 28.6. The summed E-state index contributed by atoms with van der Waals surface area (Å²) in [6.07, 6.45) is -1.68. The number of para-hydroxylation sites is 1. The van der Waals surface area contributed by atoms with Crippen molar-refractivity contribution in [2.24, 2.45) is 5.92 Å². The first-order chi connectivity index (χ1) is 23.9. The smallest absolute Gasteiger partial charge is 0.459 e. The number of hydrogen-bond acceptors (Lipinski definition) is 14. The van der Waals surface area contributed by atoms with Gasteiger partial charge in [-0.2, -0.15) is 15.4 Å². The number of nitriles is 1. The lowest BCUT2D eigenvalue weighted by Gasteiger charge is -2.28. The van der Waals surface area contributed by atoms with Crippen molar-refractivity contribution in [3.8, 4) is 11.8 Å². The molecule has 0 saturated carbocycles. The Balaban J connectivity index is 1.71. The molecule has 3 aromatic rings. The van der Waals surface area contributed by atoms with E-state index in [-0.39, 0.29) is 42.6 Å². The Hall–Kier alpha value is -4.55. The molecular formula is C33H43N6O10P. The van der Waals surface area contributed by atoms with Crippen molar-refractivity contribution < 1.29 is 46.9 Å². The van der Waals surface area contributed by atoms with Crippen LogP contribution in [0.3, 0.4) is 0 Å². The number of anilines is 1. The lowest BCUT2D eigenvalue weighted by atomic mass is 9.92. The Labute approximate surface area is 290 Å². The van der Waals surface area contributed by atoms with Crippen LogP contribution in [0.4, 0.5) is 5.82 Å². The molecule has 0 bridgehead atoms. The normalized spacial score (nSPS) is 22.0. The van der Waals surface area contributed by atoms with Crippen molar-refractivity contribution in [2.45, 2.75) is 90.3 Å². The molecule has 2 aromatic heterocycles. The van der Waals surface area contributed by atoms with Gasteiger partial charge in [0.15, 0.2) is 18.0 Å². The average molecular weight is 715 g/mol. The molecule has 0 amide bonds. The molecule has 1 aromatic carbocycles. The first-order valence-electron chi connectivity index (χ1n) is 16.4. The van der Waals surface area contributed by atoms with E-state index in [1.165, 1.54) is 36.0 Å². The van der Waals surface area contributed by atoms with Gasteiger partial charge < -0.3 is 29.2 Å². The summed E-state index contributed by atoms with van der Waals surface area (Å²) in [5, 5.41) is 17.6. The Morgan fingerprint density at radius 2 is 1.76 bits per heavy atom. The standard InChI is InChI=1S/C33H43N6O10P/c1-6-22(7-2)17-44-32(42)21(5)38-50(43,49-23-13-11-10-12-14-23)45-18-25-29(46-27(40)8-3)30(47-28(41)9-4)33(19-34,48-25)26-16-15-24-31(35)36-20-37-39(24)26/h10-16,20-22,25,29-30H,6-9,17-18H2,1-5H3,(H,38,43)(H2,35,36,37)/t21-,25+,29+,30+,33-,50-/m0/s1. The fourth-order valence-electron chi connectivity index (χ4n) is 5.28. The minimum atomic E-state index is -4.45. The van der Waals surface area contributed by atoms with Crippen molar-refractivity contribution >= 4 is 37.0 Å². The molecular weight excluding hydrogens is 671 g/mol. The third-order valence-electron chi connectivity index (χ3n) is 8.23. The number of ether oxygens (including phenoxy) is 4. The minimum absolute atomic E-state index is 0.0659. The molecule has 50 heavy (non-hydrogen) atoms. The summed E-state index contributed by atoms with van der Waals surface area (Å²) in [5.74, 6) is -1.68. The number of nitrogen functional groups attached to an aromatic ring is 1. The highest BCUT2D eigenvalue weighted by atomic mass is 31.2. The van der Waals surface area contributed by atoms with E-state index < -0.39 is 62.2 Å². The van der Waals surface area contributed by atoms with Gasteiger partial charge in [-0.05, 0) is 37.1 Å². The number of nitrogens with zero attached hydrogens (tertiary/aromatic N) is 4. The monoisotopic (exact) mass is 714 g/mol. The van der Waals surface area contributed by atoms with Crippen molar-refractivity contribution in [3.05, 3.63) is 54.5 Å². The highest BCUT2D eigenvalue weighted by Gasteiger charge is 2.62. The predicted molar refractivity (Wildman–Crippen MR) is 178 cm³/mol. The SMILES string of the molecule is CCC(=O)O[C@H]1[C@@H](OC(=O)CC)[C@](C#N)(c2ccc3c(N)ncnn23)O[C@@H]1CO[P@@](=O)(N[C@@H](C)C(=O)OCC(CC)CC)Oc1ccccc1. The Kier molecular flexibility index (Phi) is 12.9. The van der Waals surface area contributed by atoms with Gasteiger partial charge in [-0.15, -0.1) is 0 Å². The van der Waals surface area contributed by atoms with Crippen LogP contribution in [0.1, 0.15) is 66.0 Å². The highest BCUT2D eigenvalue weighted by molar-refractivity contribution is 7.52. The predicted octanol–water partition coefficient (Wildman–Crippen LogP) is 4.23. The van der Waals surface area contributed by atoms with E-state index in [1.807, 2.05) is 13.8 Å². The van der Waals surface area contributed by atoms with Crippen LogP contribution in [-0.4, -0.2) is 70.1 Å². The molecule has 4 rings (SSSR count). The number of nitrogens with one attached hydrogen (secondary N) is 1. The lowest BCUT2D eigenvalue weighted by molar-refractivity contribution is -0.169. The van der Waals surface area contributed by atoms with E-state index in [0.717, 1.165) is 12.8 Å². The number of hydrogen-bond donors (Lipinski definition) is 2. The van der Waals surface area contributed by atoms with E-state index in [0.29, 0.717) is 5.52 Å². The Morgan fingerprint density at radius 3 is 2.40 bits per heavy atom. The molecule has 17 heteroatoms. The summed E-state index contributed by atoms with van der Waals surface area (Å²) < 4.78 is 50.6. The third-order valence-corrected chi connectivity index (χ3v) is 9.88. The number of nitrogens with two attached hydrogens (primary N) is 1. The van der Waals surface area contributed by atoms with Gasteiger partial charge in [-0.25, -0.2) is 14.1 Å². The van der Waals surface area contributed by atoms with Gasteiger partial charge in [0.25, 0.3) is 0 Å². The lowest BCUT2D eigenvalue weighted by Crippen LogP contribution is -2.46. The van der Waals surface area contributed by atoms with Crippen LogP contribution < -0.4 is 15.3 Å². The molecule has 0 radical (unpaired) electrons. The maximum atomic E-state index is 14.4. The molecule has 1 aliphatic rings. The number of fused-ring (bicyclic) bond motifs is 1. The van der Waals surface area contributed by atoms with Gasteiger partial charge in [0.1, 0.15) is 35.8 Å². The first-order valence-corrected chi connectivity index (χ1v) is 18.0.